The minimum atomic E-state index is -3.52. The van der Waals surface area contributed by atoms with Gasteiger partial charge in [-0.2, -0.15) is 22.8 Å². The molecule has 0 saturated heterocycles. The van der Waals surface area contributed by atoms with E-state index < -0.39 is 69.6 Å². The molecule has 1 aromatic rings. The number of nitrogens with zero attached hydrogens (tertiary/aromatic N) is 6. The van der Waals surface area contributed by atoms with Crippen LogP contribution in [0, 0.1) is 53.7 Å². The molecule has 2 aliphatic carbocycles. The SMILES string of the molecule is [C-]#[N+]C1=C/C(=C(/C#N)[N+]#[C-])c2c(OC(F)F)c3c(c(OC(F)F)c21)/C(=C(/C#N)[N+]#[C-])C=C3C#N. The van der Waals surface area contributed by atoms with Crippen LogP contribution in [0.2, 0.25) is 0 Å². The summed E-state index contributed by atoms with van der Waals surface area (Å²) < 4.78 is 63.0. The predicted octanol–water partition coefficient (Wildman–Crippen LogP) is 5.39. The molecule has 162 valence electrons. The van der Waals surface area contributed by atoms with E-state index in [9.17, 15) is 33.3 Å². The van der Waals surface area contributed by atoms with Crippen molar-refractivity contribution in [3.63, 3.8) is 0 Å². The quantitative estimate of drug-likeness (QED) is 0.341. The van der Waals surface area contributed by atoms with Gasteiger partial charge in [0.15, 0.2) is 5.70 Å². The molecular formula is C22H4F4N6O2. The number of allylic oxidation sites excluding steroid dienone is 7. The average Bonchev–Trinajstić information content (AvgIpc) is 3.37. The maximum Gasteiger partial charge on any atom is 0.387 e. The Hall–Kier alpha value is -5.56. The summed E-state index contributed by atoms with van der Waals surface area (Å²) in [6, 6.07) is 4.73. The molecule has 0 unspecified atom stereocenters. The fraction of sp³-hybridized carbons (Fsp3) is 0.0909. The number of halogens is 4. The number of alkyl halides is 4. The van der Waals surface area contributed by atoms with Crippen molar-refractivity contribution in [1.82, 2.24) is 0 Å². The lowest BCUT2D eigenvalue weighted by Crippen LogP contribution is -2.12. The Bertz CT molecular complexity index is 1380. The van der Waals surface area contributed by atoms with Gasteiger partial charge in [-0.3, -0.25) is 0 Å². The third-order valence-electron chi connectivity index (χ3n) is 4.64. The standard InChI is InChI=1S/C22H4F4N6O2/c1-30-12-5-11(14(8-29)32-3)17-18(12)20(34-22(25)26)16-10(13(7-28)31-2)4-9(6-27)15(16)19(17)33-21(23)24/h4-5,21-22H/b13-10-,14-11+. The highest BCUT2D eigenvalue weighted by molar-refractivity contribution is 6.12. The largest absolute Gasteiger partial charge is 0.435 e. The monoisotopic (exact) mass is 460 g/mol. The van der Waals surface area contributed by atoms with Crippen LogP contribution in [0.25, 0.3) is 37.0 Å². The summed E-state index contributed by atoms with van der Waals surface area (Å²) >= 11 is 0. The van der Waals surface area contributed by atoms with E-state index in [0.29, 0.717) is 0 Å². The zero-order chi connectivity index (χ0) is 25.2. The molecule has 0 aliphatic heterocycles. The van der Waals surface area contributed by atoms with Crippen molar-refractivity contribution >= 4 is 22.4 Å². The van der Waals surface area contributed by atoms with Crippen LogP contribution in [0.5, 0.6) is 11.5 Å². The lowest BCUT2D eigenvalue weighted by molar-refractivity contribution is -0.0534. The Morgan fingerprint density at radius 1 is 0.765 bits per heavy atom. The summed E-state index contributed by atoms with van der Waals surface area (Å²) in [5.41, 5.74) is -5.02. The molecule has 0 saturated carbocycles. The van der Waals surface area contributed by atoms with Gasteiger partial charge in [0.2, 0.25) is 0 Å². The number of fused-ring (bicyclic) bond motifs is 2. The molecule has 12 heteroatoms. The molecular weight excluding hydrogens is 456 g/mol. The van der Waals surface area contributed by atoms with Crippen LogP contribution < -0.4 is 9.47 Å². The highest BCUT2D eigenvalue weighted by Crippen LogP contribution is 2.57. The third-order valence-corrected chi connectivity index (χ3v) is 4.64. The van der Waals surface area contributed by atoms with Gasteiger partial charge in [-0.1, -0.05) is 6.08 Å². The van der Waals surface area contributed by atoms with E-state index in [1.54, 1.807) is 6.07 Å². The van der Waals surface area contributed by atoms with Crippen molar-refractivity contribution in [3.05, 3.63) is 80.1 Å². The van der Waals surface area contributed by atoms with Crippen molar-refractivity contribution in [2.45, 2.75) is 13.2 Å². The van der Waals surface area contributed by atoms with Crippen molar-refractivity contribution in [3.8, 4) is 29.7 Å². The molecule has 3 rings (SSSR count). The average molecular weight is 460 g/mol. The Kier molecular flexibility index (Phi) is 6.05. The molecule has 1 aromatic carbocycles. The van der Waals surface area contributed by atoms with Gasteiger partial charge in [-0.05, 0) is 11.6 Å². The Morgan fingerprint density at radius 2 is 1.24 bits per heavy atom. The van der Waals surface area contributed by atoms with Crippen molar-refractivity contribution in [2.75, 3.05) is 0 Å². The topological polar surface area (TPSA) is 103 Å². The van der Waals surface area contributed by atoms with Gasteiger partial charge in [0, 0.05) is 27.8 Å². The summed E-state index contributed by atoms with van der Waals surface area (Å²) in [6.07, 6.45) is 1.89. The van der Waals surface area contributed by atoms with E-state index in [1.165, 1.54) is 12.1 Å². The molecule has 2 aliphatic rings. The lowest BCUT2D eigenvalue weighted by Gasteiger charge is -2.22. The minimum absolute atomic E-state index is 0.378. The first-order valence-corrected chi connectivity index (χ1v) is 8.67. The molecule has 0 radical (unpaired) electrons. The summed E-state index contributed by atoms with van der Waals surface area (Å²) in [7, 11) is 0. The van der Waals surface area contributed by atoms with Gasteiger partial charge in [-0.15, -0.1) is 0 Å². The predicted molar refractivity (Wildman–Crippen MR) is 106 cm³/mol. The second kappa shape index (κ2) is 8.89. The van der Waals surface area contributed by atoms with Crippen molar-refractivity contribution in [2.24, 2.45) is 0 Å². The summed E-state index contributed by atoms with van der Waals surface area (Å²) in [5.74, 6) is -1.60. The van der Waals surface area contributed by atoms with E-state index in [1.807, 2.05) is 0 Å². The summed E-state index contributed by atoms with van der Waals surface area (Å²) in [4.78, 5) is 9.14. The smallest absolute Gasteiger partial charge is 0.387 e. The van der Waals surface area contributed by atoms with Gasteiger partial charge >= 0.3 is 13.2 Å². The summed E-state index contributed by atoms with van der Waals surface area (Å²) in [6.45, 7) is 14.8. The molecule has 0 bridgehead atoms. The van der Waals surface area contributed by atoms with Crippen molar-refractivity contribution in [1.29, 1.82) is 15.8 Å². The fourth-order valence-electron chi connectivity index (χ4n) is 3.54. The first-order valence-electron chi connectivity index (χ1n) is 8.67. The van der Waals surface area contributed by atoms with Gasteiger partial charge in [-0.25, -0.2) is 25.1 Å². The van der Waals surface area contributed by atoms with E-state index in [4.69, 9.17) is 19.7 Å². The molecule has 0 amide bonds. The van der Waals surface area contributed by atoms with E-state index in [-0.39, 0.29) is 11.1 Å². The Labute approximate surface area is 188 Å². The molecule has 0 fully saturated rings. The van der Waals surface area contributed by atoms with Gasteiger partial charge < -0.3 is 9.47 Å². The van der Waals surface area contributed by atoms with Crippen LogP contribution in [0.15, 0.2) is 23.5 Å². The zero-order valence-corrected chi connectivity index (χ0v) is 16.3. The van der Waals surface area contributed by atoms with Gasteiger partial charge in [0.25, 0.3) is 11.4 Å². The molecule has 0 N–H and O–H groups in total. The first kappa shape index (κ1) is 23.1. The minimum Gasteiger partial charge on any atom is -0.435 e. The Morgan fingerprint density at radius 3 is 1.65 bits per heavy atom. The molecule has 0 atom stereocenters. The number of hydrogen-bond acceptors (Lipinski definition) is 5. The van der Waals surface area contributed by atoms with E-state index in [2.05, 4.69) is 24.0 Å². The van der Waals surface area contributed by atoms with Crippen LogP contribution in [0.1, 0.15) is 22.3 Å². The van der Waals surface area contributed by atoms with Crippen LogP contribution >= 0.6 is 0 Å². The number of rotatable bonds is 4. The molecule has 8 nitrogen and oxygen atoms in total. The van der Waals surface area contributed by atoms with Gasteiger partial charge in [0.1, 0.15) is 11.5 Å². The highest BCUT2D eigenvalue weighted by atomic mass is 19.3. The molecule has 34 heavy (non-hydrogen) atoms. The maximum atomic E-state index is 13.5. The zero-order valence-electron chi connectivity index (χ0n) is 16.3. The second-order valence-corrected chi connectivity index (χ2v) is 6.20. The third kappa shape index (κ3) is 3.45. The van der Waals surface area contributed by atoms with Crippen LogP contribution in [-0.2, 0) is 0 Å². The van der Waals surface area contributed by atoms with E-state index in [0.717, 1.165) is 12.2 Å². The second-order valence-electron chi connectivity index (χ2n) is 6.20. The van der Waals surface area contributed by atoms with Crippen LogP contribution in [0.3, 0.4) is 0 Å². The van der Waals surface area contributed by atoms with Crippen LogP contribution in [-0.4, -0.2) is 13.2 Å². The normalized spacial score (nSPS) is 15.9. The fourth-order valence-corrected chi connectivity index (χ4v) is 3.54. The van der Waals surface area contributed by atoms with E-state index >= 15 is 0 Å². The Balaban J connectivity index is 2.72. The molecule has 0 heterocycles. The number of ether oxygens (including phenoxy) is 2. The lowest BCUT2D eigenvalue weighted by atomic mass is 9.91. The highest BCUT2D eigenvalue weighted by Gasteiger charge is 2.40. The number of hydrogen-bond donors (Lipinski definition) is 0. The van der Waals surface area contributed by atoms with Crippen LogP contribution in [0.4, 0.5) is 17.6 Å². The first-order chi connectivity index (χ1) is 16.3. The summed E-state index contributed by atoms with van der Waals surface area (Å²) in [5, 5.41) is 28.2. The molecule has 0 aromatic heterocycles. The van der Waals surface area contributed by atoms with Gasteiger partial charge in [0.05, 0.1) is 43.5 Å². The number of benzene rings is 1. The maximum absolute atomic E-state index is 13.5. The number of nitriles is 3. The van der Waals surface area contributed by atoms with Crippen molar-refractivity contribution < 1.29 is 27.0 Å². The molecule has 0 spiro atoms.